The fourth-order valence-electron chi connectivity index (χ4n) is 2.44. The first kappa shape index (κ1) is 21.6. The summed E-state index contributed by atoms with van der Waals surface area (Å²) < 4.78 is 0. The molecule has 0 saturated heterocycles. The molecule has 152 valence electrons. The van der Waals surface area contributed by atoms with Crippen molar-refractivity contribution in [1.82, 2.24) is 0 Å². The molecular weight excluding hydrogens is 453 g/mol. The van der Waals surface area contributed by atoms with Crippen molar-refractivity contribution in [2.75, 3.05) is 0 Å². The lowest BCUT2D eigenvalue weighted by Crippen LogP contribution is -1.94. The van der Waals surface area contributed by atoms with E-state index < -0.39 is 9.85 Å². The molecule has 0 bridgehead atoms. The third kappa shape index (κ3) is 4.88. The molecule has 0 aliphatic heterocycles. The molecule has 0 fully saturated rings. The van der Waals surface area contributed by atoms with E-state index in [1.165, 1.54) is 30.5 Å². The summed E-state index contributed by atoms with van der Waals surface area (Å²) in [5.74, 6) is -0.180. The van der Waals surface area contributed by atoms with Crippen LogP contribution in [0.4, 0.5) is 17.1 Å². The highest BCUT2D eigenvalue weighted by Gasteiger charge is 2.21. The number of hydrogen-bond donors (Lipinski definition) is 1. The van der Waals surface area contributed by atoms with Crippen LogP contribution in [-0.2, 0) is 0 Å². The van der Waals surface area contributed by atoms with Gasteiger partial charge in [-0.3, -0.25) is 25.2 Å². The molecule has 0 heterocycles. The van der Waals surface area contributed by atoms with Gasteiger partial charge in [-0.15, -0.1) is 0 Å². The van der Waals surface area contributed by atoms with Gasteiger partial charge < -0.3 is 5.11 Å². The Morgan fingerprint density at radius 3 is 2.40 bits per heavy atom. The van der Waals surface area contributed by atoms with Crippen molar-refractivity contribution >= 4 is 58.2 Å². The van der Waals surface area contributed by atoms with E-state index in [2.05, 4.69) is 4.99 Å². The number of phenols is 1. The molecule has 0 aliphatic carbocycles. The summed E-state index contributed by atoms with van der Waals surface area (Å²) in [4.78, 5) is 26.0. The van der Waals surface area contributed by atoms with Crippen LogP contribution in [0.15, 0.2) is 69.4 Å². The number of non-ortho nitro benzene ring substituents is 1. The minimum absolute atomic E-state index is 0.0770. The number of nitro benzene ring substituents is 2. The van der Waals surface area contributed by atoms with Crippen LogP contribution in [0.5, 0.6) is 5.75 Å². The van der Waals surface area contributed by atoms with E-state index in [0.29, 0.717) is 21.2 Å². The normalized spacial score (nSPS) is 11.0. The average Bonchev–Trinajstić information content (AvgIpc) is 2.70. The monoisotopic (exact) mass is 463 g/mol. The molecule has 3 aromatic rings. The Kier molecular flexibility index (Phi) is 6.56. The van der Waals surface area contributed by atoms with Crippen molar-refractivity contribution in [3.63, 3.8) is 0 Å². The Hall–Kier alpha value is -3.14. The number of halogens is 2. The van der Waals surface area contributed by atoms with Crippen LogP contribution in [0.25, 0.3) is 0 Å². The molecule has 0 aromatic heterocycles. The quantitative estimate of drug-likeness (QED) is 0.256. The van der Waals surface area contributed by atoms with E-state index in [-0.39, 0.29) is 27.0 Å². The van der Waals surface area contributed by atoms with E-state index >= 15 is 0 Å². The number of hydrogen-bond acceptors (Lipinski definition) is 7. The van der Waals surface area contributed by atoms with Crippen LogP contribution in [-0.4, -0.2) is 21.2 Å². The van der Waals surface area contributed by atoms with Gasteiger partial charge in [0.1, 0.15) is 5.75 Å². The van der Waals surface area contributed by atoms with Gasteiger partial charge in [0.25, 0.3) is 11.4 Å². The third-order valence-corrected chi connectivity index (χ3v) is 5.47. The molecular formula is C19H11Cl2N3O5S. The van der Waals surface area contributed by atoms with E-state index in [0.717, 1.165) is 17.8 Å². The SMILES string of the molecule is O=[N+]([O-])c1ccc(Sc2ccccc2N=Cc2cc(Cl)cc(Cl)c2O)c([N+](=O)[O-])c1. The average molecular weight is 464 g/mol. The van der Waals surface area contributed by atoms with Gasteiger partial charge >= 0.3 is 0 Å². The number of phenolic OH excluding ortho intramolecular Hbond substituents is 1. The maximum atomic E-state index is 11.4. The Morgan fingerprint density at radius 2 is 1.70 bits per heavy atom. The van der Waals surface area contributed by atoms with Gasteiger partial charge in [-0.25, -0.2) is 0 Å². The molecule has 1 N–H and O–H groups in total. The molecule has 3 rings (SSSR count). The van der Waals surface area contributed by atoms with Gasteiger partial charge in [0, 0.05) is 27.8 Å². The fraction of sp³-hybridized carbons (Fsp3) is 0. The van der Waals surface area contributed by atoms with Gasteiger partial charge in [-0.05, 0) is 30.3 Å². The Labute approximate surface area is 184 Å². The summed E-state index contributed by atoms with van der Waals surface area (Å²) in [5.41, 5.74) is 0.0113. The van der Waals surface area contributed by atoms with Crippen LogP contribution in [0, 0.1) is 20.2 Å². The summed E-state index contributed by atoms with van der Waals surface area (Å²) in [6.07, 6.45) is 1.37. The van der Waals surface area contributed by atoms with Crippen molar-refractivity contribution in [1.29, 1.82) is 0 Å². The lowest BCUT2D eigenvalue weighted by molar-refractivity contribution is -0.396. The predicted octanol–water partition coefficient (Wildman–Crippen LogP) is 6.42. The van der Waals surface area contributed by atoms with Crippen LogP contribution in [0.1, 0.15) is 5.56 Å². The van der Waals surface area contributed by atoms with E-state index in [1.807, 2.05) is 0 Å². The molecule has 3 aromatic carbocycles. The second-order valence-electron chi connectivity index (χ2n) is 5.82. The van der Waals surface area contributed by atoms with Crippen molar-refractivity contribution in [3.05, 3.63) is 90.4 Å². The first-order valence-corrected chi connectivity index (χ1v) is 9.75. The summed E-state index contributed by atoms with van der Waals surface area (Å²) in [5, 5.41) is 32.7. The summed E-state index contributed by atoms with van der Waals surface area (Å²) >= 11 is 12.9. The predicted molar refractivity (Wildman–Crippen MR) is 116 cm³/mol. The number of aromatic hydroxyl groups is 1. The van der Waals surface area contributed by atoms with Gasteiger partial charge in [0.2, 0.25) is 0 Å². The standard InChI is InChI=1S/C19H11Cl2N3O5S/c20-12-7-11(19(25)14(21)8-12)10-22-15-3-1-2-4-17(15)30-18-6-5-13(23(26)27)9-16(18)24(28)29/h1-10,25H. The summed E-state index contributed by atoms with van der Waals surface area (Å²) in [6, 6.07) is 13.2. The van der Waals surface area contributed by atoms with E-state index in [9.17, 15) is 25.3 Å². The molecule has 11 heteroatoms. The van der Waals surface area contributed by atoms with Gasteiger partial charge in [-0.2, -0.15) is 0 Å². The summed E-state index contributed by atoms with van der Waals surface area (Å²) in [6.45, 7) is 0. The Bertz CT molecular complexity index is 1190. The maximum absolute atomic E-state index is 11.4. The zero-order chi connectivity index (χ0) is 21.8. The number of nitrogens with zero attached hydrogens (tertiary/aromatic N) is 3. The lowest BCUT2D eigenvalue weighted by atomic mass is 10.2. The van der Waals surface area contributed by atoms with Crippen LogP contribution in [0.3, 0.4) is 0 Å². The second kappa shape index (κ2) is 9.12. The van der Waals surface area contributed by atoms with Gasteiger partial charge in [0.15, 0.2) is 0 Å². The van der Waals surface area contributed by atoms with Crippen LogP contribution < -0.4 is 0 Å². The van der Waals surface area contributed by atoms with Crippen molar-refractivity contribution in [2.24, 2.45) is 4.99 Å². The van der Waals surface area contributed by atoms with Crippen LogP contribution in [0.2, 0.25) is 10.0 Å². The van der Waals surface area contributed by atoms with Crippen molar-refractivity contribution in [2.45, 2.75) is 9.79 Å². The number of rotatable bonds is 6. The highest BCUT2D eigenvalue weighted by Crippen LogP contribution is 2.41. The minimum Gasteiger partial charge on any atom is -0.506 e. The largest absolute Gasteiger partial charge is 0.506 e. The van der Waals surface area contributed by atoms with Crippen LogP contribution >= 0.6 is 35.0 Å². The lowest BCUT2D eigenvalue weighted by Gasteiger charge is -2.07. The molecule has 0 amide bonds. The highest BCUT2D eigenvalue weighted by atomic mass is 35.5. The molecule has 0 aliphatic rings. The number of para-hydroxylation sites is 1. The molecule has 0 spiro atoms. The van der Waals surface area contributed by atoms with Gasteiger partial charge in [0.05, 0.1) is 31.5 Å². The van der Waals surface area contributed by atoms with Crippen molar-refractivity contribution < 1.29 is 15.0 Å². The zero-order valence-corrected chi connectivity index (χ0v) is 17.2. The number of nitro groups is 2. The zero-order valence-electron chi connectivity index (χ0n) is 14.9. The van der Waals surface area contributed by atoms with E-state index in [1.54, 1.807) is 24.3 Å². The molecule has 0 saturated carbocycles. The molecule has 0 unspecified atom stereocenters. The van der Waals surface area contributed by atoms with E-state index in [4.69, 9.17) is 23.2 Å². The second-order valence-corrected chi connectivity index (χ2v) is 7.75. The smallest absolute Gasteiger partial charge is 0.290 e. The molecule has 8 nitrogen and oxygen atoms in total. The highest BCUT2D eigenvalue weighted by molar-refractivity contribution is 7.99. The minimum atomic E-state index is -0.692. The van der Waals surface area contributed by atoms with Crippen molar-refractivity contribution in [3.8, 4) is 5.75 Å². The summed E-state index contributed by atoms with van der Waals surface area (Å²) in [7, 11) is 0. The third-order valence-electron chi connectivity index (χ3n) is 3.84. The fourth-order valence-corrected chi connectivity index (χ4v) is 3.93. The topological polar surface area (TPSA) is 119 Å². The molecule has 0 atom stereocenters. The first-order chi connectivity index (χ1) is 14.3. The maximum Gasteiger partial charge on any atom is 0.290 e. The van der Waals surface area contributed by atoms with Gasteiger partial charge in [-0.1, -0.05) is 47.1 Å². The first-order valence-electron chi connectivity index (χ1n) is 8.18. The Balaban J connectivity index is 1.97. The number of benzene rings is 3. The Morgan fingerprint density at radius 1 is 0.967 bits per heavy atom. The molecule has 30 heavy (non-hydrogen) atoms. The molecule has 0 radical (unpaired) electrons. The number of aliphatic imine (C=N–C) groups is 1.